The van der Waals surface area contributed by atoms with Crippen molar-refractivity contribution in [3.8, 4) is 22.9 Å². The van der Waals surface area contributed by atoms with Gasteiger partial charge in [0.15, 0.2) is 12.6 Å². The summed E-state index contributed by atoms with van der Waals surface area (Å²) in [5.41, 5.74) is 1.89. The second-order valence-corrected chi connectivity index (χ2v) is 13.1. The van der Waals surface area contributed by atoms with Crippen molar-refractivity contribution in [2.24, 2.45) is 5.92 Å². The van der Waals surface area contributed by atoms with Crippen molar-refractivity contribution in [3.05, 3.63) is 66.1 Å². The number of allylic oxidation sites excluding steroid dienone is 1. The van der Waals surface area contributed by atoms with E-state index < -0.39 is 11.4 Å². The molecule has 2 amide bonds. The number of methoxy groups -OCH3 is 1. The average molecular weight is 636 g/mol. The second-order valence-electron chi connectivity index (χ2n) is 13.1. The van der Waals surface area contributed by atoms with E-state index in [0.717, 1.165) is 17.2 Å². The first kappa shape index (κ1) is 30.4. The number of nitrogens with zero attached hydrogens (tertiary/aromatic N) is 4. The molecule has 10 nitrogen and oxygen atoms in total. The van der Waals surface area contributed by atoms with Crippen LogP contribution in [0, 0.1) is 23.1 Å². The third-order valence-corrected chi connectivity index (χ3v) is 9.01. The van der Waals surface area contributed by atoms with E-state index in [9.17, 15) is 14.9 Å². The molecule has 1 N–H and O–H groups in total. The minimum Gasteiger partial charge on any atom is -0.468 e. The highest BCUT2D eigenvalue weighted by Gasteiger charge is 2.58. The summed E-state index contributed by atoms with van der Waals surface area (Å²) in [4.78, 5) is 34.3. The molecule has 4 heterocycles. The topological polar surface area (TPSA) is 117 Å². The zero-order valence-electron chi connectivity index (χ0n) is 26.5. The fourth-order valence-corrected chi connectivity index (χ4v) is 7.20. The Hall–Kier alpha value is -5.21. The van der Waals surface area contributed by atoms with Crippen molar-refractivity contribution in [1.82, 2.24) is 9.88 Å². The molecule has 1 saturated carbocycles. The summed E-state index contributed by atoms with van der Waals surface area (Å²) in [6.07, 6.45) is 4.80. The summed E-state index contributed by atoms with van der Waals surface area (Å²) >= 11 is 0. The molecule has 2 bridgehead atoms. The van der Waals surface area contributed by atoms with Crippen LogP contribution in [0.15, 0.2) is 54.7 Å². The molecule has 1 aromatic heterocycles. The normalized spacial score (nSPS) is 20.3. The average Bonchev–Trinajstić information content (AvgIpc) is 3.63. The predicted molar refractivity (Wildman–Crippen MR) is 176 cm³/mol. The van der Waals surface area contributed by atoms with Gasteiger partial charge in [-0.05, 0) is 73.4 Å². The maximum absolute atomic E-state index is 17.1. The predicted octanol–water partition coefficient (Wildman–Crippen LogP) is 6.48. The van der Waals surface area contributed by atoms with Gasteiger partial charge in [0.2, 0.25) is 5.91 Å². The van der Waals surface area contributed by atoms with Crippen LogP contribution in [-0.4, -0.2) is 66.6 Å². The van der Waals surface area contributed by atoms with Crippen LogP contribution in [0.3, 0.4) is 0 Å². The number of nitriles is 1. The first-order chi connectivity index (χ1) is 22.6. The number of benzene rings is 3. The Bertz CT molecular complexity index is 2020. The van der Waals surface area contributed by atoms with Crippen LogP contribution in [-0.2, 0) is 14.3 Å². The van der Waals surface area contributed by atoms with Crippen LogP contribution in [0.25, 0.3) is 38.9 Å². The Morgan fingerprint density at radius 1 is 1.21 bits per heavy atom. The van der Waals surface area contributed by atoms with Crippen molar-refractivity contribution in [2.45, 2.75) is 44.9 Å². The van der Waals surface area contributed by atoms with Crippen LogP contribution < -0.4 is 15.0 Å². The third-order valence-electron chi connectivity index (χ3n) is 9.01. The van der Waals surface area contributed by atoms with Crippen molar-refractivity contribution >= 4 is 51.1 Å². The molecule has 0 radical (unpaired) electrons. The summed E-state index contributed by atoms with van der Waals surface area (Å²) < 4.78 is 33.7. The number of pyridine rings is 1. The minimum atomic E-state index is -0.637. The van der Waals surface area contributed by atoms with Crippen LogP contribution >= 0.6 is 0 Å². The SMILES string of the molecule is COCOc1cc(-c2c(/C=C/C#N)cc3c4c(cnc3c2F)NC(=O)CN4C2C3CC2N(C(=O)OC(C)(C)C)C3)c2ccccc2c1. The van der Waals surface area contributed by atoms with Crippen molar-refractivity contribution in [2.75, 3.05) is 37.2 Å². The van der Waals surface area contributed by atoms with Crippen molar-refractivity contribution in [3.63, 3.8) is 0 Å². The van der Waals surface area contributed by atoms with Crippen LogP contribution in [0.1, 0.15) is 32.8 Å². The van der Waals surface area contributed by atoms with Gasteiger partial charge in [-0.3, -0.25) is 9.78 Å². The molecule has 4 aromatic rings. The molecule has 240 valence electrons. The molecule has 11 heteroatoms. The second kappa shape index (κ2) is 11.5. The molecular weight excluding hydrogens is 601 g/mol. The Morgan fingerprint density at radius 2 is 2.02 bits per heavy atom. The standard InChI is InChI=1S/C36H34FN5O5/c1-36(2,3)47-35(44)41-17-22-14-28(41)33(22)42-18-29(43)40-27-16-39-32-26(34(27)42)13-21(9-7-11-38)30(31(32)37)25-15-23(46-19-45-4)12-20-8-5-6-10-24(20)25/h5-10,12-13,15-16,22,28,33H,14,17-19H2,1-4H3,(H,40,43)/b9-7+. The van der Waals surface area contributed by atoms with Gasteiger partial charge in [-0.25, -0.2) is 9.18 Å². The number of nitrogens with one attached hydrogen (secondary N) is 1. The third kappa shape index (κ3) is 5.28. The lowest BCUT2D eigenvalue weighted by Gasteiger charge is -2.47. The van der Waals surface area contributed by atoms with E-state index in [4.69, 9.17) is 14.2 Å². The fourth-order valence-electron chi connectivity index (χ4n) is 7.20. The number of anilines is 2. The van der Waals surface area contributed by atoms with Crippen molar-refractivity contribution in [1.29, 1.82) is 5.26 Å². The monoisotopic (exact) mass is 635 g/mol. The number of hydrogen-bond donors (Lipinski definition) is 1. The molecule has 1 aliphatic carbocycles. The summed E-state index contributed by atoms with van der Waals surface area (Å²) in [5.74, 6) is -0.161. The largest absolute Gasteiger partial charge is 0.468 e. The smallest absolute Gasteiger partial charge is 0.410 e. The Kier molecular flexibility index (Phi) is 7.48. The quantitative estimate of drug-likeness (QED) is 0.189. The summed E-state index contributed by atoms with van der Waals surface area (Å²) in [5, 5.41) is 14.5. The van der Waals surface area contributed by atoms with Gasteiger partial charge in [-0.15, -0.1) is 0 Å². The number of ether oxygens (including phenoxy) is 3. The van der Waals surface area contributed by atoms with Gasteiger partial charge < -0.3 is 29.3 Å². The molecule has 4 aliphatic rings. The summed E-state index contributed by atoms with van der Waals surface area (Å²) in [7, 11) is 1.53. The highest BCUT2D eigenvalue weighted by Crippen LogP contribution is 2.50. The lowest BCUT2D eigenvalue weighted by atomic mass is 9.78. The highest BCUT2D eigenvalue weighted by molar-refractivity contribution is 6.11. The number of rotatable bonds is 6. The van der Waals surface area contributed by atoms with Crippen LogP contribution in [0.5, 0.6) is 5.75 Å². The van der Waals surface area contributed by atoms with Gasteiger partial charge >= 0.3 is 6.09 Å². The van der Waals surface area contributed by atoms with Gasteiger partial charge in [0, 0.05) is 36.6 Å². The molecule has 3 aromatic carbocycles. The Balaban J connectivity index is 1.39. The van der Waals surface area contributed by atoms with Gasteiger partial charge in [0.25, 0.3) is 0 Å². The molecule has 0 spiro atoms. The maximum atomic E-state index is 17.1. The van der Waals surface area contributed by atoms with E-state index in [-0.39, 0.29) is 54.4 Å². The van der Waals surface area contributed by atoms with Gasteiger partial charge in [0.05, 0.1) is 42.3 Å². The number of halogens is 1. The number of carbonyl (C=O) groups excluding carboxylic acids is 2. The van der Waals surface area contributed by atoms with Gasteiger partial charge in [-0.2, -0.15) is 5.26 Å². The lowest BCUT2D eigenvalue weighted by Crippen LogP contribution is -2.58. The molecule has 3 aliphatic heterocycles. The number of aromatic nitrogens is 1. The van der Waals surface area contributed by atoms with E-state index >= 15 is 4.39 Å². The maximum Gasteiger partial charge on any atom is 0.410 e. The number of fused-ring (bicyclic) bond motifs is 5. The van der Waals surface area contributed by atoms with Crippen LogP contribution in [0.4, 0.5) is 20.6 Å². The van der Waals surface area contributed by atoms with Gasteiger partial charge in [0.1, 0.15) is 16.9 Å². The van der Waals surface area contributed by atoms with E-state index in [1.54, 1.807) is 17.0 Å². The number of hydrogen-bond acceptors (Lipinski definition) is 8. The highest BCUT2D eigenvalue weighted by atomic mass is 19.1. The Morgan fingerprint density at radius 3 is 2.79 bits per heavy atom. The first-order valence-electron chi connectivity index (χ1n) is 15.5. The molecule has 3 fully saturated rings. The number of amides is 2. The molecular formula is C36H34FN5O5. The first-order valence-corrected chi connectivity index (χ1v) is 15.5. The molecule has 47 heavy (non-hydrogen) atoms. The fraction of sp³-hybridized carbons (Fsp3) is 0.333. The summed E-state index contributed by atoms with van der Waals surface area (Å²) in [6, 6.07) is 14.8. The van der Waals surface area contributed by atoms with Crippen molar-refractivity contribution < 1.29 is 28.2 Å². The minimum absolute atomic E-state index is 0.0168. The van der Waals surface area contributed by atoms with Crippen LogP contribution in [0.2, 0.25) is 0 Å². The lowest BCUT2D eigenvalue weighted by molar-refractivity contribution is -0.115. The van der Waals surface area contributed by atoms with Gasteiger partial charge in [-0.1, -0.05) is 24.3 Å². The van der Waals surface area contributed by atoms with E-state index in [1.165, 1.54) is 19.4 Å². The molecule has 8 rings (SSSR count). The Labute approximate surface area is 271 Å². The molecule has 2 saturated heterocycles. The molecule has 3 atom stereocenters. The van der Waals surface area contributed by atoms with E-state index in [2.05, 4.69) is 10.3 Å². The zero-order valence-corrected chi connectivity index (χ0v) is 26.5. The zero-order chi connectivity index (χ0) is 33.0. The number of carbonyl (C=O) groups is 2. The summed E-state index contributed by atoms with van der Waals surface area (Å²) in [6.45, 7) is 6.08. The van der Waals surface area contributed by atoms with E-state index in [1.807, 2.05) is 68.1 Å². The van der Waals surface area contributed by atoms with E-state index in [0.29, 0.717) is 40.2 Å². The molecule has 3 unspecified atom stereocenters.